The van der Waals surface area contributed by atoms with Crippen LogP contribution in [0.3, 0.4) is 0 Å². The first kappa shape index (κ1) is 22.8. The Morgan fingerprint density at radius 2 is 1.85 bits per heavy atom. The number of nitrogens with one attached hydrogen (secondary N) is 1. The van der Waals surface area contributed by atoms with Crippen LogP contribution in [0.2, 0.25) is 0 Å². The molecule has 1 aliphatic carbocycles. The van der Waals surface area contributed by atoms with Gasteiger partial charge in [-0.15, -0.1) is 23.1 Å². The lowest BCUT2D eigenvalue weighted by Gasteiger charge is -2.36. The Labute approximate surface area is 205 Å². The number of amides is 1. The number of methoxy groups -OCH3 is 1. The Morgan fingerprint density at radius 1 is 1.06 bits per heavy atom. The number of carbonyl (C=O) groups excluding carboxylic acids is 1. The maximum absolute atomic E-state index is 12.7. The van der Waals surface area contributed by atoms with Crippen molar-refractivity contribution in [3.8, 4) is 5.75 Å². The lowest BCUT2D eigenvalue weighted by atomic mass is 9.95. The molecule has 7 heteroatoms. The maximum Gasteiger partial charge on any atom is 0.257 e. The number of hydrogen-bond acceptors (Lipinski definition) is 6. The van der Waals surface area contributed by atoms with Gasteiger partial charge in [-0.2, -0.15) is 0 Å². The van der Waals surface area contributed by atoms with Crippen molar-refractivity contribution in [2.45, 2.75) is 37.9 Å². The number of anilines is 1. The predicted octanol–water partition coefficient (Wildman–Crippen LogP) is 4.55. The number of aryl methyl sites for hydroxylation is 1. The van der Waals surface area contributed by atoms with Gasteiger partial charge in [-0.3, -0.25) is 9.69 Å². The van der Waals surface area contributed by atoms with E-state index in [0.717, 1.165) is 62.1 Å². The average Bonchev–Trinajstić information content (AvgIpc) is 3.25. The molecule has 1 fully saturated rings. The maximum atomic E-state index is 12.7. The molecule has 3 heterocycles. The van der Waals surface area contributed by atoms with Crippen molar-refractivity contribution in [1.29, 1.82) is 0 Å². The second-order valence-corrected chi connectivity index (χ2v) is 11.1. The molecule has 0 spiro atoms. The third kappa shape index (κ3) is 5.26. The van der Waals surface area contributed by atoms with E-state index in [4.69, 9.17) is 4.74 Å². The first-order valence-corrected chi connectivity index (χ1v) is 13.9. The highest BCUT2D eigenvalue weighted by molar-refractivity contribution is 8.03. The van der Waals surface area contributed by atoms with Crippen LogP contribution >= 0.6 is 23.1 Å². The zero-order valence-electron chi connectivity index (χ0n) is 19.4. The number of thiophene rings is 1. The van der Waals surface area contributed by atoms with Crippen LogP contribution in [0, 0.1) is 0 Å². The molecule has 0 atom stereocenters. The summed E-state index contributed by atoms with van der Waals surface area (Å²) in [5, 5.41) is 3.16. The number of thioether (sulfide) groups is 1. The third-order valence-corrected chi connectivity index (χ3v) is 9.24. The monoisotopic (exact) mass is 483 g/mol. The Hall–Kier alpha value is -1.96. The lowest BCUT2D eigenvalue weighted by Crippen LogP contribution is -2.47. The fourth-order valence-electron chi connectivity index (χ4n) is 4.98. The highest BCUT2D eigenvalue weighted by Gasteiger charge is 2.25. The fraction of sp³-hybridized carbons (Fsp3) is 0.500. The minimum absolute atomic E-state index is 0.0985. The van der Waals surface area contributed by atoms with Gasteiger partial charge in [0, 0.05) is 53.9 Å². The summed E-state index contributed by atoms with van der Waals surface area (Å²) in [7, 11) is 1.70. The van der Waals surface area contributed by atoms with Gasteiger partial charge in [0.1, 0.15) is 5.75 Å². The molecule has 1 N–H and O–H groups in total. The van der Waals surface area contributed by atoms with Gasteiger partial charge in [-0.1, -0.05) is 0 Å². The van der Waals surface area contributed by atoms with Gasteiger partial charge >= 0.3 is 0 Å². The van der Waals surface area contributed by atoms with Crippen molar-refractivity contribution in [3.63, 3.8) is 0 Å². The number of fused-ring (bicyclic) bond motifs is 3. The zero-order valence-corrected chi connectivity index (χ0v) is 21.0. The van der Waals surface area contributed by atoms with Gasteiger partial charge < -0.3 is 15.0 Å². The number of ether oxygens (including phenoxy) is 1. The third-order valence-electron chi connectivity index (χ3n) is 6.92. The van der Waals surface area contributed by atoms with Crippen molar-refractivity contribution < 1.29 is 9.53 Å². The van der Waals surface area contributed by atoms with E-state index >= 15 is 0 Å². The summed E-state index contributed by atoms with van der Waals surface area (Å²) in [6.45, 7) is 5.97. The van der Waals surface area contributed by atoms with Crippen molar-refractivity contribution in [2.75, 3.05) is 51.3 Å². The zero-order chi connectivity index (χ0) is 22.6. The molecule has 3 aliphatic rings. The lowest BCUT2D eigenvalue weighted by molar-refractivity contribution is -0.116. The number of piperazine rings is 1. The predicted molar refractivity (Wildman–Crippen MR) is 140 cm³/mol. The van der Waals surface area contributed by atoms with Gasteiger partial charge in [-0.25, -0.2) is 0 Å². The van der Waals surface area contributed by atoms with Gasteiger partial charge in [0.15, 0.2) is 0 Å². The van der Waals surface area contributed by atoms with E-state index in [1.165, 1.54) is 41.8 Å². The van der Waals surface area contributed by atoms with E-state index in [2.05, 4.69) is 33.3 Å². The number of nitrogens with zero attached hydrogens (tertiary/aromatic N) is 2. The van der Waals surface area contributed by atoms with Crippen molar-refractivity contribution in [1.82, 2.24) is 10.2 Å². The topological polar surface area (TPSA) is 44.8 Å². The van der Waals surface area contributed by atoms with Gasteiger partial charge in [-0.05, 0) is 80.1 Å². The molecule has 5 nitrogen and oxygen atoms in total. The molecular weight excluding hydrogens is 450 g/mol. The molecule has 176 valence electrons. The molecule has 1 saturated heterocycles. The summed E-state index contributed by atoms with van der Waals surface area (Å²) in [6.07, 6.45) is 8.21. The molecule has 1 aromatic carbocycles. The number of hydrogen-bond donors (Lipinski definition) is 1. The van der Waals surface area contributed by atoms with Crippen LogP contribution in [-0.2, 0) is 23.4 Å². The molecule has 0 radical (unpaired) electrons. The van der Waals surface area contributed by atoms with Crippen LogP contribution in [-0.4, -0.2) is 57.2 Å². The Balaban J connectivity index is 1.04. The van der Waals surface area contributed by atoms with Crippen molar-refractivity contribution >= 4 is 40.8 Å². The highest BCUT2D eigenvalue weighted by atomic mass is 32.2. The van der Waals surface area contributed by atoms with E-state index in [0.29, 0.717) is 0 Å². The van der Waals surface area contributed by atoms with E-state index in [-0.39, 0.29) is 5.91 Å². The van der Waals surface area contributed by atoms with E-state index in [1.807, 2.05) is 23.5 Å². The molecule has 1 amide bonds. The fourth-order valence-corrected chi connectivity index (χ4v) is 7.54. The Kier molecular flexibility index (Phi) is 7.28. The summed E-state index contributed by atoms with van der Waals surface area (Å²) < 4.78 is 5.26. The average molecular weight is 484 g/mol. The normalized spacial score (nSPS) is 18.3. The molecular formula is C26H33N3O2S2. The summed E-state index contributed by atoms with van der Waals surface area (Å²) in [4.78, 5) is 21.4. The van der Waals surface area contributed by atoms with Crippen LogP contribution < -0.4 is 15.0 Å². The van der Waals surface area contributed by atoms with Gasteiger partial charge in [0.25, 0.3) is 5.91 Å². The van der Waals surface area contributed by atoms with Crippen molar-refractivity contribution in [3.05, 3.63) is 50.1 Å². The largest absolute Gasteiger partial charge is 0.497 e. The van der Waals surface area contributed by atoms with E-state index in [1.54, 1.807) is 29.3 Å². The summed E-state index contributed by atoms with van der Waals surface area (Å²) in [6, 6.07) is 8.32. The summed E-state index contributed by atoms with van der Waals surface area (Å²) >= 11 is 3.63. The Bertz CT molecular complexity index is 1010. The summed E-state index contributed by atoms with van der Waals surface area (Å²) in [5.74, 6) is 1.96. The molecule has 2 aromatic rings. The molecule has 0 bridgehead atoms. The highest BCUT2D eigenvalue weighted by Crippen LogP contribution is 2.42. The van der Waals surface area contributed by atoms with Crippen LogP contribution in [0.15, 0.2) is 29.2 Å². The molecule has 33 heavy (non-hydrogen) atoms. The quantitative estimate of drug-likeness (QED) is 0.586. The van der Waals surface area contributed by atoms with Crippen LogP contribution in [0.1, 0.15) is 40.1 Å². The smallest absolute Gasteiger partial charge is 0.257 e. The van der Waals surface area contributed by atoms with Gasteiger partial charge in [0.05, 0.1) is 12.0 Å². The number of benzene rings is 1. The van der Waals surface area contributed by atoms with Crippen molar-refractivity contribution in [2.24, 2.45) is 0 Å². The second kappa shape index (κ2) is 10.5. The summed E-state index contributed by atoms with van der Waals surface area (Å²) in [5.41, 5.74) is 4.36. The van der Waals surface area contributed by atoms with Crippen LogP contribution in [0.25, 0.3) is 6.08 Å². The molecule has 0 saturated carbocycles. The first-order valence-electron chi connectivity index (χ1n) is 12.1. The Morgan fingerprint density at radius 3 is 2.64 bits per heavy atom. The van der Waals surface area contributed by atoms with Crippen LogP contribution in [0.4, 0.5) is 5.69 Å². The SMILES string of the molecule is COc1ccc(N2CCN(CCCNC(=O)C3=Cc4sc5c(c4CS3)CCCC5)CC2)cc1. The van der Waals surface area contributed by atoms with E-state index in [9.17, 15) is 4.79 Å². The molecule has 0 unspecified atom stereocenters. The van der Waals surface area contributed by atoms with E-state index < -0.39 is 0 Å². The number of rotatable bonds is 7. The minimum Gasteiger partial charge on any atom is -0.497 e. The molecule has 2 aliphatic heterocycles. The minimum atomic E-state index is 0.0985. The standard InChI is InChI=1S/C26H33N3O2S2/c1-31-20-9-7-19(8-10-20)29-15-13-28(14-16-29)12-4-11-27-26(30)25-17-24-22(18-32-25)21-5-2-3-6-23(21)33-24/h7-10,17H,2-6,11-16,18H2,1H3,(H,27,30). The van der Waals surface area contributed by atoms with Crippen LogP contribution in [0.5, 0.6) is 5.75 Å². The molecule has 1 aromatic heterocycles. The second-order valence-electron chi connectivity index (χ2n) is 8.99. The molecule has 5 rings (SSSR count). The first-order chi connectivity index (χ1) is 16.2. The number of carbonyl (C=O) groups is 1. The van der Waals surface area contributed by atoms with Gasteiger partial charge in [0.2, 0.25) is 0 Å².